The average Bonchev–Trinajstić information content (AvgIpc) is 2.70. The van der Waals surface area contributed by atoms with Crippen molar-refractivity contribution in [3.8, 4) is 0 Å². The summed E-state index contributed by atoms with van der Waals surface area (Å²) in [7, 11) is 0. The van der Waals surface area contributed by atoms with Crippen molar-refractivity contribution < 1.29 is 0 Å². The molecule has 0 spiro atoms. The van der Waals surface area contributed by atoms with E-state index in [4.69, 9.17) is 0 Å². The van der Waals surface area contributed by atoms with Gasteiger partial charge in [-0.05, 0) is 54.6 Å². The van der Waals surface area contributed by atoms with Crippen LogP contribution >= 0.6 is 12.4 Å². The highest BCUT2D eigenvalue weighted by Gasteiger charge is 2.15. The molecule has 0 fully saturated rings. The van der Waals surface area contributed by atoms with Crippen LogP contribution in [0.5, 0.6) is 0 Å². The van der Waals surface area contributed by atoms with Crippen LogP contribution in [0.4, 0.5) is 5.69 Å². The Morgan fingerprint density at radius 2 is 1.91 bits per heavy atom. The van der Waals surface area contributed by atoms with Crippen LogP contribution in [0.15, 0.2) is 48.5 Å². The maximum Gasteiger partial charge on any atom is 0.0485 e. The van der Waals surface area contributed by atoms with Crippen LogP contribution in [-0.4, -0.2) is 13.1 Å². The molecule has 3 heteroatoms. The van der Waals surface area contributed by atoms with Gasteiger partial charge in [-0.2, -0.15) is 0 Å². The molecule has 0 bridgehead atoms. The fourth-order valence-corrected chi connectivity index (χ4v) is 3.10. The lowest BCUT2D eigenvalue weighted by Gasteiger charge is -2.19. The van der Waals surface area contributed by atoms with E-state index in [-0.39, 0.29) is 12.4 Å². The van der Waals surface area contributed by atoms with Gasteiger partial charge in [0.2, 0.25) is 0 Å². The first-order valence-corrected chi connectivity index (χ1v) is 7.89. The summed E-state index contributed by atoms with van der Waals surface area (Å²) in [5.74, 6) is 0.580. The minimum Gasteiger partial charge on any atom is -0.379 e. The topological polar surface area (TPSA) is 24.1 Å². The molecule has 2 nitrogen and oxygen atoms in total. The molecule has 2 atom stereocenters. The van der Waals surface area contributed by atoms with E-state index in [1.165, 1.54) is 22.4 Å². The highest BCUT2D eigenvalue weighted by molar-refractivity contribution is 5.85. The summed E-state index contributed by atoms with van der Waals surface area (Å²) in [5.41, 5.74) is 5.52. The minimum absolute atomic E-state index is 0. The van der Waals surface area contributed by atoms with E-state index in [1.54, 1.807) is 0 Å². The van der Waals surface area contributed by atoms with Crippen LogP contribution in [-0.2, 0) is 6.42 Å². The van der Waals surface area contributed by atoms with Gasteiger partial charge in [0.15, 0.2) is 0 Å². The Bertz CT molecular complexity index is 598. The van der Waals surface area contributed by atoms with E-state index in [9.17, 15) is 0 Å². The van der Waals surface area contributed by atoms with Gasteiger partial charge in [-0.25, -0.2) is 0 Å². The second-order valence-electron chi connectivity index (χ2n) is 6.05. The number of hydrogen-bond donors (Lipinski definition) is 2. The Hall–Kier alpha value is -1.51. The van der Waals surface area contributed by atoms with Crippen molar-refractivity contribution in [1.82, 2.24) is 5.32 Å². The Labute approximate surface area is 139 Å². The minimum atomic E-state index is 0. The molecule has 2 N–H and O–H groups in total. The van der Waals surface area contributed by atoms with E-state index >= 15 is 0 Å². The predicted octanol–water partition coefficient (Wildman–Crippen LogP) is 4.53. The molecule has 0 radical (unpaired) electrons. The Kier molecular flexibility index (Phi) is 5.87. The molecule has 0 saturated carbocycles. The van der Waals surface area contributed by atoms with Crippen LogP contribution in [0.2, 0.25) is 0 Å². The molecule has 0 aromatic heterocycles. The Morgan fingerprint density at radius 3 is 2.68 bits per heavy atom. The second-order valence-corrected chi connectivity index (χ2v) is 6.05. The number of anilines is 1. The first kappa shape index (κ1) is 16.9. The standard InChI is InChI=1S/C19H24N2.ClH/c1-14-13-20-11-10-17-8-9-18(12-19(14)17)21-15(2)16-6-4-3-5-7-16;/h3-9,12,14-15,20-21H,10-11,13H2,1-2H3;1H/t14-,15-;/m1./s1. The first-order valence-electron chi connectivity index (χ1n) is 7.89. The van der Waals surface area contributed by atoms with Crippen LogP contribution in [0.1, 0.15) is 42.5 Å². The molecular formula is C19H25ClN2. The fourth-order valence-electron chi connectivity index (χ4n) is 3.10. The molecule has 1 heterocycles. The van der Waals surface area contributed by atoms with Crippen molar-refractivity contribution >= 4 is 18.1 Å². The number of nitrogens with one attached hydrogen (secondary N) is 2. The van der Waals surface area contributed by atoms with Gasteiger partial charge >= 0.3 is 0 Å². The van der Waals surface area contributed by atoms with E-state index < -0.39 is 0 Å². The van der Waals surface area contributed by atoms with Crippen LogP contribution < -0.4 is 10.6 Å². The molecule has 22 heavy (non-hydrogen) atoms. The lowest BCUT2D eigenvalue weighted by atomic mass is 9.94. The smallest absolute Gasteiger partial charge is 0.0485 e. The Morgan fingerprint density at radius 1 is 1.14 bits per heavy atom. The molecule has 2 aromatic carbocycles. The lowest BCUT2D eigenvalue weighted by molar-refractivity contribution is 0.644. The summed E-state index contributed by atoms with van der Waals surface area (Å²) in [4.78, 5) is 0. The third kappa shape index (κ3) is 3.82. The zero-order valence-electron chi connectivity index (χ0n) is 13.3. The lowest BCUT2D eigenvalue weighted by Crippen LogP contribution is -2.18. The molecule has 0 unspecified atom stereocenters. The van der Waals surface area contributed by atoms with Crippen molar-refractivity contribution in [1.29, 1.82) is 0 Å². The maximum atomic E-state index is 3.63. The average molecular weight is 317 g/mol. The summed E-state index contributed by atoms with van der Waals surface area (Å²) in [6.07, 6.45) is 1.13. The third-order valence-electron chi connectivity index (χ3n) is 4.38. The normalized spacial score (nSPS) is 18.5. The maximum absolute atomic E-state index is 3.63. The SMILES string of the molecule is C[C@@H]1CNCCc2ccc(N[C@H](C)c3ccccc3)cc21.Cl. The van der Waals surface area contributed by atoms with Gasteiger partial charge in [0.1, 0.15) is 0 Å². The first-order chi connectivity index (χ1) is 10.2. The van der Waals surface area contributed by atoms with Crippen LogP contribution in [0.25, 0.3) is 0 Å². The van der Waals surface area contributed by atoms with Gasteiger partial charge in [0, 0.05) is 18.3 Å². The van der Waals surface area contributed by atoms with Crippen LogP contribution in [0.3, 0.4) is 0 Å². The number of benzene rings is 2. The largest absolute Gasteiger partial charge is 0.379 e. The molecule has 0 amide bonds. The molecule has 1 aliphatic heterocycles. The molecule has 0 aliphatic carbocycles. The number of hydrogen-bond acceptors (Lipinski definition) is 2. The molecule has 0 saturated heterocycles. The summed E-state index contributed by atoms with van der Waals surface area (Å²) in [5, 5.41) is 7.14. The predicted molar refractivity (Wildman–Crippen MR) is 97.2 cm³/mol. The number of halogens is 1. The van der Waals surface area contributed by atoms with E-state index in [0.29, 0.717) is 12.0 Å². The molecule has 3 rings (SSSR count). The van der Waals surface area contributed by atoms with Crippen molar-refractivity contribution in [2.45, 2.75) is 32.2 Å². The number of rotatable bonds is 3. The fraction of sp³-hybridized carbons (Fsp3) is 0.368. The van der Waals surface area contributed by atoms with Gasteiger partial charge in [0.05, 0.1) is 0 Å². The van der Waals surface area contributed by atoms with Crippen molar-refractivity contribution in [2.75, 3.05) is 18.4 Å². The number of fused-ring (bicyclic) bond motifs is 1. The van der Waals surface area contributed by atoms with Crippen molar-refractivity contribution in [2.24, 2.45) is 0 Å². The van der Waals surface area contributed by atoms with Crippen LogP contribution in [0, 0.1) is 0 Å². The van der Waals surface area contributed by atoms with E-state index in [2.05, 4.69) is 73.0 Å². The molecular weight excluding hydrogens is 292 g/mol. The summed E-state index contributed by atoms with van der Waals surface area (Å²) >= 11 is 0. The molecule has 1 aliphatic rings. The Balaban J connectivity index is 0.00000176. The molecule has 2 aromatic rings. The quantitative estimate of drug-likeness (QED) is 0.869. The third-order valence-corrected chi connectivity index (χ3v) is 4.38. The highest BCUT2D eigenvalue weighted by Crippen LogP contribution is 2.27. The zero-order valence-corrected chi connectivity index (χ0v) is 14.1. The highest BCUT2D eigenvalue weighted by atomic mass is 35.5. The van der Waals surface area contributed by atoms with Gasteiger partial charge in [-0.15, -0.1) is 12.4 Å². The van der Waals surface area contributed by atoms with Crippen molar-refractivity contribution in [3.63, 3.8) is 0 Å². The van der Waals surface area contributed by atoms with Gasteiger partial charge in [0.25, 0.3) is 0 Å². The van der Waals surface area contributed by atoms with Gasteiger partial charge in [-0.1, -0.05) is 43.3 Å². The van der Waals surface area contributed by atoms with E-state index in [1.807, 2.05) is 0 Å². The summed E-state index contributed by atoms with van der Waals surface area (Å²) in [6, 6.07) is 17.8. The summed E-state index contributed by atoms with van der Waals surface area (Å²) in [6.45, 7) is 6.68. The zero-order chi connectivity index (χ0) is 14.7. The summed E-state index contributed by atoms with van der Waals surface area (Å²) < 4.78 is 0. The molecule has 118 valence electrons. The monoisotopic (exact) mass is 316 g/mol. The van der Waals surface area contributed by atoms with E-state index in [0.717, 1.165) is 19.5 Å². The van der Waals surface area contributed by atoms with Gasteiger partial charge in [-0.3, -0.25) is 0 Å². The van der Waals surface area contributed by atoms with Crippen molar-refractivity contribution in [3.05, 3.63) is 65.2 Å². The van der Waals surface area contributed by atoms with Gasteiger partial charge < -0.3 is 10.6 Å². The second kappa shape index (κ2) is 7.66.